The number of nitrogens with one attached hydrogen (secondary N) is 1. The predicted molar refractivity (Wildman–Crippen MR) is 71.4 cm³/mol. The van der Waals surface area contributed by atoms with Crippen LogP contribution in [0.2, 0.25) is 0 Å². The Bertz CT molecular complexity index is 441. The lowest BCUT2D eigenvalue weighted by atomic mass is 10.1. The molecule has 17 heavy (non-hydrogen) atoms. The topological polar surface area (TPSA) is 50.2 Å². The molecule has 1 aliphatic carbocycles. The molecule has 0 radical (unpaired) electrons. The predicted octanol–water partition coefficient (Wildman–Crippen LogP) is 3.50. The maximum atomic E-state index is 11.6. The number of benzene rings is 1. The third-order valence-electron chi connectivity index (χ3n) is 2.34. The summed E-state index contributed by atoms with van der Waals surface area (Å²) in [5.41, 5.74) is 1.73. The second-order valence-electron chi connectivity index (χ2n) is 3.97. The standard InChI is InChI=1S/C12H13NO2.C2H6.H2/c1-7(2)15-9-4-3-8-5-11(13)12(14)10(8)6-9;1-2;/h3-4,6-7,13H,5H2,1-2H3;1-2H3;1H. The number of rotatable bonds is 2. The van der Waals surface area contributed by atoms with E-state index in [0.29, 0.717) is 17.7 Å². The minimum Gasteiger partial charge on any atom is -0.491 e. The maximum absolute atomic E-state index is 11.6. The van der Waals surface area contributed by atoms with Crippen LogP contribution in [0, 0.1) is 5.41 Å². The van der Waals surface area contributed by atoms with Crippen LogP contribution in [-0.2, 0) is 6.42 Å². The summed E-state index contributed by atoms with van der Waals surface area (Å²) in [6.07, 6.45) is 0.551. The van der Waals surface area contributed by atoms with Gasteiger partial charge in [-0.25, -0.2) is 0 Å². The van der Waals surface area contributed by atoms with E-state index in [1.54, 1.807) is 6.07 Å². The monoisotopic (exact) mass is 235 g/mol. The Balaban J connectivity index is 0.000000917. The summed E-state index contributed by atoms with van der Waals surface area (Å²) in [5, 5.41) is 7.46. The lowest BCUT2D eigenvalue weighted by Crippen LogP contribution is -2.07. The summed E-state index contributed by atoms with van der Waals surface area (Å²) in [4.78, 5) is 11.6. The fourth-order valence-corrected chi connectivity index (χ4v) is 1.70. The number of ether oxygens (including phenoxy) is 1. The van der Waals surface area contributed by atoms with Crippen molar-refractivity contribution in [1.82, 2.24) is 0 Å². The Morgan fingerprint density at radius 3 is 2.59 bits per heavy atom. The van der Waals surface area contributed by atoms with Crippen molar-refractivity contribution >= 4 is 11.5 Å². The molecular formula is C14H21NO2. The largest absolute Gasteiger partial charge is 0.491 e. The fourth-order valence-electron chi connectivity index (χ4n) is 1.70. The van der Waals surface area contributed by atoms with Crippen molar-refractivity contribution in [1.29, 1.82) is 5.41 Å². The molecule has 3 nitrogen and oxygen atoms in total. The molecule has 2 rings (SSSR count). The quantitative estimate of drug-likeness (QED) is 0.852. The highest BCUT2D eigenvalue weighted by atomic mass is 16.5. The Kier molecular flexibility index (Phi) is 4.44. The molecule has 0 amide bonds. The molecule has 1 N–H and O–H groups in total. The van der Waals surface area contributed by atoms with Crippen molar-refractivity contribution in [2.75, 3.05) is 0 Å². The van der Waals surface area contributed by atoms with E-state index < -0.39 is 0 Å². The molecule has 0 aliphatic heterocycles. The molecule has 0 fully saturated rings. The van der Waals surface area contributed by atoms with Gasteiger partial charge in [0.1, 0.15) is 5.75 Å². The molecule has 0 saturated heterocycles. The van der Waals surface area contributed by atoms with Gasteiger partial charge in [0, 0.05) is 13.4 Å². The number of fused-ring (bicyclic) bond motifs is 1. The highest BCUT2D eigenvalue weighted by Gasteiger charge is 2.25. The van der Waals surface area contributed by atoms with E-state index in [0.717, 1.165) is 5.56 Å². The smallest absolute Gasteiger partial charge is 0.207 e. The van der Waals surface area contributed by atoms with Crippen LogP contribution in [0.1, 0.15) is 45.0 Å². The van der Waals surface area contributed by atoms with Gasteiger partial charge in [-0.05, 0) is 31.5 Å². The minimum absolute atomic E-state index is 0. The normalized spacial score (nSPS) is 13.2. The third kappa shape index (κ3) is 2.93. The number of carbonyl (C=O) groups excluding carboxylic acids is 1. The second kappa shape index (κ2) is 5.62. The molecule has 0 spiro atoms. The van der Waals surface area contributed by atoms with Gasteiger partial charge in [0.25, 0.3) is 0 Å². The number of Topliss-reactive ketones (excluding diaryl/α,β-unsaturated/α-hetero) is 1. The molecule has 0 saturated carbocycles. The van der Waals surface area contributed by atoms with E-state index in [-0.39, 0.29) is 19.0 Å². The van der Waals surface area contributed by atoms with Gasteiger partial charge in [-0.1, -0.05) is 19.9 Å². The minimum atomic E-state index is -0.167. The Morgan fingerprint density at radius 2 is 2.00 bits per heavy atom. The Labute approximate surface area is 104 Å². The van der Waals surface area contributed by atoms with Crippen LogP contribution in [0.25, 0.3) is 0 Å². The zero-order valence-electron chi connectivity index (χ0n) is 10.8. The zero-order chi connectivity index (χ0) is 13.0. The molecule has 0 aromatic heterocycles. The summed E-state index contributed by atoms with van der Waals surface area (Å²) in [6, 6.07) is 5.45. The van der Waals surface area contributed by atoms with Gasteiger partial charge in [0.2, 0.25) is 5.78 Å². The summed E-state index contributed by atoms with van der Waals surface area (Å²) >= 11 is 0. The van der Waals surface area contributed by atoms with Crippen LogP contribution in [0.15, 0.2) is 18.2 Å². The van der Waals surface area contributed by atoms with E-state index in [1.165, 1.54) is 0 Å². The molecule has 0 atom stereocenters. The van der Waals surface area contributed by atoms with E-state index >= 15 is 0 Å². The van der Waals surface area contributed by atoms with Crippen LogP contribution < -0.4 is 4.74 Å². The SMILES string of the molecule is CC.CC(C)Oc1ccc2c(c1)C(=O)C(=N)C2.[HH]. The summed E-state index contributed by atoms with van der Waals surface area (Å²) < 4.78 is 5.50. The van der Waals surface area contributed by atoms with Gasteiger partial charge in [0.15, 0.2) is 0 Å². The van der Waals surface area contributed by atoms with E-state index in [4.69, 9.17) is 10.1 Å². The molecule has 1 aromatic rings. The lowest BCUT2D eigenvalue weighted by Gasteiger charge is -2.10. The maximum Gasteiger partial charge on any atom is 0.207 e. The van der Waals surface area contributed by atoms with Gasteiger partial charge in [-0.2, -0.15) is 0 Å². The van der Waals surface area contributed by atoms with Crippen LogP contribution in [-0.4, -0.2) is 17.6 Å². The molecule has 3 heteroatoms. The average Bonchev–Trinajstić information content (AvgIpc) is 2.58. The van der Waals surface area contributed by atoms with Crippen LogP contribution in [0.5, 0.6) is 5.75 Å². The first-order chi connectivity index (χ1) is 8.08. The number of carbonyl (C=O) groups is 1. The molecular weight excluding hydrogens is 214 g/mol. The van der Waals surface area contributed by atoms with Crippen molar-refractivity contribution in [3.05, 3.63) is 29.3 Å². The number of hydrogen-bond acceptors (Lipinski definition) is 3. The van der Waals surface area contributed by atoms with Crippen molar-refractivity contribution in [3.63, 3.8) is 0 Å². The third-order valence-corrected chi connectivity index (χ3v) is 2.34. The van der Waals surface area contributed by atoms with Crippen molar-refractivity contribution in [2.24, 2.45) is 0 Å². The first kappa shape index (κ1) is 13.4. The number of ketones is 1. The van der Waals surface area contributed by atoms with Gasteiger partial charge < -0.3 is 10.1 Å². The van der Waals surface area contributed by atoms with Crippen molar-refractivity contribution in [3.8, 4) is 5.75 Å². The van der Waals surface area contributed by atoms with Crippen LogP contribution >= 0.6 is 0 Å². The van der Waals surface area contributed by atoms with Crippen LogP contribution in [0.4, 0.5) is 0 Å². The second-order valence-corrected chi connectivity index (χ2v) is 3.97. The van der Waals surface area contributed by atoms with Crippen LogP contribution in [0.3, 0.4) is 0 Å². The van der Waals surface area contributed by atoms with Gasteiger partial charge in [-0.3, -0.25) is 4.79 Å². The summed E-state index contributed by atoms with van der Waals surface area (Å²) in [6.45, 7) is 7.88. The Hall–Kier alpha value is -1.64. The molecule has 1 aromatic carbocycles. The first-order valence-corrected chi connectivity index (χ1v) is 5.99. The molecule has 0 unspecified atom stereocenters. The van der Waals surface area contributed by atoms with Crippen molar-refractivity contribution in [2.45, 2.75) is 40.2 Å². The Morgan fingerprint density at radius 1 is 1.35 bits per heavy atom. The lowest BCUT2D eigenvalue weighted by molar-refractivity contribution is 0.106. The molecule has 94 valence electrons. The van der Waals surface area contributed by atoms with E-state index in [2.05, 4.69) is 0 Å². The molecule has 0 bridgehead atoms. The van der Waals surface area contributed by atoms with E-state index in [9.17, 15) is 4.79 Å². The van der Waals surface area contributed by atoms with Gasteiger partial charge in [-0.15, -0.1) is 0 Å². The first-order valence-electron chi connectivity index (χ1n) is 5.99. The molecule has 1 aliphatic rings. The van der Waals surface area contributed by atoms with Gasteiger partial charge in [0.05, 0.1) is 11.8 Å². The zero-order valence-corrected chi connectivity index (χ0v) is 10.8. The summed E-state index contributed by atoms with van der Waals surface area (Å²) in [7, 11) is 0. The fraction of sp³-hybridized carbons (Fsp3) is 0.429. The van der Waals surface area contributed by atoms with Crippen molar-refractivity contribution < 1.29 is 11.0 Å². The number of hydrogen-bond donors (Lipinski definition) is 1. The highest BCUT2D eigenvalue weighted by Crippen LogP contribution is 2.25. The average molecular weight is 235 g/mol. The molecule has 0 heterocycles. The van der Waals surface area contributed by atoms with E-state index in [1.807, 2.05) is 39.8 Å². The van der Waals surface area contributed by atoms with Gasteiger partial charge >= 0.3 is 0 Å². The summed E-state index contributed by atoms with van der Waals surface area (Å²) in [5.74, 6) is 0.533. The highest BCUT2D eigenvalue weighted by molar-refractivity contribution is 6.48.